The summed E-state index contributed by atoms with van der Waals surface area (Å²) in [7, 11) is 0. The van der Waals surface area contributed by atoms with E-state index in [1.165, 1.54) is 0 Å². The molecule has 1 atom stereocenters. The second-order valence-corrected chi connectivity index (χ2v) is 5.18. The van der Waals surface area contributed by atoms with Crippen LogP contribution in [-0.2, 0) is 9.59 Å². The maximum Gasteiger partial charge on any atom is 0.341 e. The van der Waals surface area contributed by atoms with Gasteiger partial charge in [-0.05, 0) is 36.6 Å². The topological polar surface area (TPSA) is 75.6 Å². The average Bonchev–Trinajstić information content (AvgIpc) is 2.37. The van der Waals surface area contributed by atoms with Crippen LogP contribution in [0.5, 0.6) is 5.75 Å². The van der Waals surface area contributed by atoms with Crippen LogP contribution in [0.3, 0.4) is 0 Å². The predicted octanol–water partition coefficient (Wildman–Crippen LogP) is 2.69. The zero-order valence-electron chi connectivity index (χ0n) is 12.3. The first-order valence-corrected chi connectivity index (χ1v) is 6.57. The standard InChI is InChI=1S/C15H21NO4/c1-9(2)11(4)15(19)16-13-6-5-12(7-10(13)3)20-8-14(17)18/h5-7,9,11H,8H2,1-4H3,(H,16,19)(H,17,18). The van der Waals surface area contributed by atoms with E-state index in [1.54, 1.807) is 18.2 Å². The summed E-state index contributed by atoms with van der Waals surface area (Å²) < 4.78 is 5.08. The van der Waals surface area contributed by atoms with E-state index >= 15 is 0 Å². The summed E-state index contributed by atoms with van der Waals surface area (Å²) in [6.45, 7) is 7.35. The Morgan fingerprint density at radius 2 is 1.95 bits per heavy atom. The van der Waals surface area contributed by atoms with Gasteiger partial charge in [0.2, 0.25) is 5.91 Å². The lowest BCUT2D eigenvalue weighted by molar-refractivity contribution is -0.139. The highest BCUT2D eigenvalue weighted by atomic mass is 16.5. The molecule has 1 rings (SSSR count). The molecule has 0 aliphatic carbocycles. The maximum absolute atomic E-state index is 12.0. The van der Waals surface area contributed by atoms with Gasteiger partial charge in [-0.2, -0.15) is 0 Å². The van der Waals surface area contributed by atoms with E-state index in [0.717, 1.165) is 5.56 Å². The Bertz CT molecular complexity index is 497. The number of carbonyl (C=O) groups is 2. The highest BCUT2D eigenvalue weighted by Crippen LogP contribution is 2.22. The summed E-state index contributed by atoms with van der Waals surface area (Å²) in [5.41, 5.74) is 1.54. The lowest BCUT2D eigenvalue weighted by atomic mass is 9.97. The number of benzene rings is 1. The van der Waals surface area contributed by atoms with E-state index in [1.807, 2.05) is 27.7 Å². The SMILES string of the molecule is Cc1cc(OCC(=O)O)ccc1NC(=O)C(C)C(C)C. The number of rotatable bonds is 6. The molecule has 0 fully saturated rings. The molecule has 2 N–H and O–H groups in total. The normalized spacial score (nSPS) is 12.1. The van der Waals surface area contributed by atoms with Crippen molar-refractivity contribution in [2.24, 2.45) is 11.8 Å². The molecule has 0 saturated heterocycles. The number of carboxylic acids is 1. The molecular weight excluding hydrogens is 258 g/mol. The molecule has 0 aromatic heterocycles. The third-order valence-electron chi connectivity index (χ3n) is 3.23. The quantitative estimate of drug-likeness (QED) is 0.839. The van der Waals surface area contributed by atoms with Crippen molar-refractivity contribution in [3.63, 3.8) is 0 Å². The van der Waals surface area contributed by atoms with Crippen LogP contribution in [0.4, 0.5) is 5.69 Å². The van der Waals surface area contributed by atoms with E-state index in [9.17, 15) is 9.59 Å². The average molecular weight is 279 g/mol. The van der Waals surface area contributed by atoms with Gasteiger partial charge in [-0.25, -0.2) is 4.79 Å². The minimum Gasteiger partial charge on any atom is -0.482 e. The molecule has 110 valence electrons. The largest absolute Gasteiger partial charge is 0.482 e. The number of ether oxygens (including phenoxy) is 1. The van der Waals surface area contributed by atoms with E-state index in [2.05, 4.69) is 5.32 Å². The van der Waals surface area contributed by atoms with Gasteiger partial charge in [-0.1, -0.05) is 20.8 Å². The van der Waals surface area contributed by atoms with Gasteiger partial charge in [0.15, 0.2) is 6.61 Å². The summed E-state index contributed by atoms with van der Waals surface area (Å²) in [5, 5.41) is 11.4. The van der Waals surface area contributed by atoms with Crippen molar-refractivity contribution in [1.82, 2.24) is 0 Å². The van der Waals surface area contributed by atoms with Crippen LogP contribution < -0.4 is 10.1 Å². The number of anilines is 1. The molecule has 0 saturated carbocycles. The maximum atomic E-state index is 12.0. The smallest absolute Gasteiger partial charge is 0.341 e. The number of carbonyl (C=O) groups excluding carboxylic acids is 1. The van der Waals surface area contributed by atoms with E-state index < -0.39 is 5.97 Å². The first kappa shape index (κ1) is 16.0. The van der Waals surface area contributed by atoms with E-state index in [4.69, 9.17) is 9.84 Å². The Morgan fingerprint density at radius 1 is 1.30 bits per heavy atom. The van der Waals surface area contributed by atoms with Gasteiger partial charge < -0.3 is 15.2 Å². The van der Waals surface area contributed by atoms with Crippen molar-refractivity contribution in [2.45, 2.75) is 27.7 Å². The summed E-state index contributed by atoms with van der Waals surface area (Å²) in [4.78, 5) is 22.4. The lowest BCUT2D eigenvalue weighted by Gasteiger charge is -2.17. The minimum absolute atomic E-state index is 0.0256. The minimum atomic E-state index is -1.02. The second-order valence-electron chi connectivity index (χ2n) is 5.18. The zero-order valence-corrected chi connectivity index (χ0v) is 12.3. The lowest BCUT2D eigenvalue weighted by Crippen LogP contribution is -2.24. The summed E-state index contributed by atoms with van der Waals surface area (Å²) >= 11 is 0. The zero-order chi connectivity index (χ0) is 15.3. The van der Waals surface area contributed by atoms with Gasteiger partial charge in [-0.3, -0.25) is 4.79 Å². The monoisotopic (exact) mass is 279 g/mol. The number of aryl methyl sites for hydroxylation is 1. The molecule has 1 aromatic rings. The van der Waals surface area contributed by atoms with Crippen LogP contribution in [0, 0.1) is 18.8 Å². The molecule has 0 heterocycles. The van der Waals surface area contributed by atoms with Gasteiger partial charge in [0.1, 0.15) is 5.75 Å². The molecule has 1 aromatic carbocycles. The predicted molar refractivity (Wildman–Crippen MR) is 76.9 cm³/mol. The number of hydrogen-bond acceptors (Lipinski definition) is 3. The fraction of sp³-hybridized carbons (Fsp3) is 0.467. The van der Waals surface area contributed by atoms with Crippen molar-refractivity contribution >= 4 is 17.6 Å². The van der Waals surface area contributed by atoms with E-state index in [0.29, 0.717) is 11.4 Å². The number of hydrogen-bond donors (Lipinski definition) is 2. The van der Waals surface area contributed by atoms with Crippen LogP contribution in [0.2, 0.25) is 0 Å². The van der Waals surface area contributed by atoms with Gasteiger partial charge in [0, 0.05) is 11.6 Å². The molecule has 5 heteroatoms. The molecular formula is C15H21NO4. The van der Waals surface area contributed by atoms with Crippen LogP contribution in [0.1, 0.15) is 26.3 Å². The van der Waals surface area contributed by atoms with Gasteiger partial charge in [-0.15, -0.1) is 0 Å². The first-order chi connectivity index (χ1) is 9.31. The highest BCUT2D eigenvalue weighted by Gasteiger charge is 2.17. The number of amides is 1. The van der Waals surface area contributed by atoms with Crippen molar-refractivity contribution in [1.29, 1.82) is 0 Å². The fourth-order valence-electron chi connectivity index (χ4n) is 1.56. The van der Waals surface area contributed by atoms with Crippen LogP contribution >= 0.6 is 0 Å². The molecule has 0 aliphatic heterocycles. The molecule has 0 spiro atoms. The van der Waals surface area contributed by atoms with E-state index in [-0.39, 0.29) is 24.3 Å². The Hall–Kier alpha value is -2.04. The summed E-state index contributed by atoms with van der Waals surface area (Å²) in [6.07, 6.45) is 0. The molecule has 1 unspecified atom stereocenters. The third kappa shape index (κ3) is 4.57. The Morgan fingerprint density at radius 3 is 2.45 bits per heavy atom. The number of nitrogens with one attached hydrogen (secondary N) is 1. The Labute approximate surface area is 118 Å². The van der Waals surface area contributed by atoms with Crippen LogP contribution in [0.25, 0.3) is 0 Å². The summed E-state index contributed by atoms with van der Waals surface area (Å²) in [6, 6.07) is 5.07. The van der Waals surface area contributed by atoms with Gasteiger partial charge in [0.05, 0.1) is 0 Å². The van der Waals surface area contributed by atoms with Gasteiger partial charge >= 0.3 is 5.97 Å². The number of aliphatic carboxylic acids is 1. The fourth-order valence-corrected chi connectivity index (χ4v) is 1.56. The molecule has 0 bridgehead atoms. The molecule has 20 heavy (non-hydrogen) atoms. The summed E-state index contributed by atoms with van der Waals surface area (Å²) in [5.74, 6) is -0.376. The molecule has 0 radical (unpaired) electrons. The Balaban J connectivity index is 2.73. The molecule has 1 amide bonds. The van der Waals surface area contributed by atoms with Gasteiger partial charge in [0.25, 0.3) is 0 Å². The van der Waals surface area contributed by atoms with Crippen LogP contribution in [-0.4, -0.2) is 23.6 Å². The van der Waals surface area contributed by atoms with Crippen molar-refractivity contribution in [3.8, 4) is 5.75 Å². The Kier molecular flexibility index (Phi) is 5.55. The number of carboxylic acid groups (broad SMARTS) is 1. The molecule has 0 aliphatic rings. The molecule has 5 nitrogen and oxygen atoms in total. The highest BCUT2D eigenvalue weighted by molar-refractivity contribution is 5.93. The van der Waals surface area contributed by atoms with Crippen molar-refractivity contribution in [2.75, 3.05) is 11.9 Å². The van der Waals surface area contributed by atoms with Crippen molar-refractivity contribution in [3.05, 3.63) is 23.8 Å². The first-order valence-electron chi connectivity index (χ1n) is 6.57. The van der Waals surface area contributed by atoms with Crippen LogP contribution in [0.15, 0.2) is 18.2 Å². The van der Waals surface area contributed by atoms with Crippen molar-refractivity contribution < 1.29 is 19.4 Å². The second kappa shape index (κ2) is 6.93. The third-order valence-corrected chi connectivity index (χ3v) is 3.23.